The Morgan fingerprint density at radius 3 is 2.65 bits per heavy atom. The number of nitrogens with two attached hydrogens (primary N) is 1. The summed E-state index contributed by atoms with van der Waals surface area (Å²) < 4.78 is 26.8. The van der Waals surface area contributed by atoms with Gasteiger partial charge in [0.05, 0.1) is 0 Å². The van der Waals surface area contributed by atoms with Crippen LogP contribution in [0.4, 0.5) is 8.78 Å². The van der Waals surface area contributed by atoms with Crippen LogP contribution in [0.5, 0.6) is 0 Å². The van der Waals surface area contributed by atoms with Crippen LogP contribution in [0.2, 0.25) is 0 Å². The minimum Gasteiger partial charge on any atom is -0.324 e. The Bertz CT molecular complexity index is 432. The second-order valence-corrected chi connectivity index (χ2v) is 5.53. The topological polar surface area (TPSA) is 26.0 Å². The van der Waals surface area contributed by atoms with Crippen molar-refractivity contribution in [1.82, 2.24) is 0 Å². The van der Waals surface area contributed by atoms with Crippen LogP contribution in [-0.2, 0) is 0 Å². The fraction of sp³-hybridized carbons (Fsp3) is 0.571. The number of hydrogen-bond acceptors (Lipinski definition) is 1. The van der Waals surface area contributed by atoms with Gasteiger partial charge in [-0.1, -0.05) is 6.42 Å². The van der Waals surface area contributed by atoms with Gasteiger partial charge in [-0.3, -0.25) is 0 Å². The molecule has 2 fully saturated rings. The molecule has 1 aromatic rings. The Hall–Kier alpha value is -0.960. The van der Waals surface area contributed by atoms with Crippen LogP contribution >= 0.6 is 0 Å². The zero-order valence-electron chi connectivity index (χ0n) is 9.70. The van der Waals surface area contributed by atoms with Crippen LogP contribution in [0.3, 0.4) is 0 Å². The van der Waals surface area contributed by atoms with Crippen molar-refractivity contribution in [3.8, 4) is 0 Å². The number of halogens is 2. The molecule has 92 valence electrons. The summed E-state index contributed by atoms with van der Waals surface area (Å²) in [5, 5.41) is 0. The summed E-state index contributed by atoms with van der Waals surface area (Å²) in [7, 11) is 0. The van der Waals surface area contributed by atoms with Crippen molar-refractivity contribution < 1.29 is 8.78 Å². The maximum atomic E-state index is 13.7. The van der Waals surface area contributed by atoms with Gasteiger partial charge in [-0.2, -0.15) is 0 Å². The third-order valence-electron chi connectivity index (χ3n) is 4.57. The summed E-state index contributed by atoms with van der Waals surface area (Å²) in [5.74, 6) is 0.956. The van der Waals surface area contributed by atoms with Crippen LogP contribution in [0.25, 0.3) is 0 Å². The van der Waals surface area contributed by atoms with Gasteiger partial charge in [0.2, 0.25) is 0 Å². The molecule has 3 rings (SSSR count). The highest BCUT2D eigenvalue weighted by Crippen LogP contribution is 2.52. The predicted molar refractivity (Wildman–Crippen MR) is 62.2 cm³/mol. The molecule has 2 N–H and O–H groups in total. The van der Waals surface area contributed by atoms with Crippen molar-refractivity contribution in [2.24, 2.45) is 23.5 Å². The van der Waals surface area contributed by atoms with Crippen LogP contribution in [0.1, 0.15) is 37.3 Å². The fourth-order valence-electron chi connectivity index (χ4n) is 3.73. The summed E-state index contributed by atoms with van der Waals surface area (Å²) in [5.41, 5.74) is 6.50. The highest BCUT2D eigenvalue weighted by Gasteiger charge is 2.42. The normalized spacial score (nSPS) is 33.0. The number of hydrogen-bond donors (Lipinski definition) is 1. The van der Waals surface area contributed by atoms with Crippen LogP contribution in [-0.4, -0.2) is 0 Å². The molecule has 0 radical (unpaired) electrons. The third-order valence-corrected chi connectivity index (χ3v) is 4.57. The van der Waals surface area contributed by atoms with E-state index in [2.05, 4.69) is 0 Å². The smallest absolute Gasteiger partial charge is 0.128 e. The van der Waals surface area contributed by atoms with Gasteiger partial charge in [-0.15, -0.1) is 0 Å². The zero-order valence-corrected chi connectivity index (χ0v) is 9.70. The standard InChI is InChI=1S/C14H17F2N/c15-10-3-4-13(16)12(7-10)14(17)11-6-8-1-2-9(11)5-8/h3-4,7-9,11,14H,1-2,5-6,17H2. The van der Waals surface area contributed by atoms with Gasteiger partial charge >= 0.3 is 0 Å². The van der Waals surface area contributed by atoms with Crippen molar-refractivity contribution >= 4 is 0 Å². The molecule has 4 atom stereocenters. The predicted octanol–water partition coefficient (Wildman–Crippen LogP) is 3.40. The Kier molecular flexibility index (Phi) is 2.66. The largest absolute Gasteiger partial charge is 0.324 e. The second kappa shape index (κ2) is 4.05. The van der Waals surface area contributed by atoms with E-state index in [1.165, 1.54) is 31.4 Å². The van der Waals surface area contributed by atoms with Crippen molar-refractivity contribution in [3.05, 3.63) is 35.4 Å². The second-order valence-electron chi connectivity index (χ2n) is 5.53. The van der Waals surface area contributed by atoms with E-state index in [1.807, 2.05) is 0 Å². The molecule has 0 aromatic heterocycles. The first-order chi connectivity index (χ1) is 8.15. The van der Waals surface area contributed by atoms with E-state index in [0.29, 0.717) is 17.4 Å². The molecular weight excluding hydrogens is 220 g/mol. The van der Waals surface area contributed by atoms with Crippen molar-refractivity contribution in [2.45, 2.75) is 31.7 Å². The van der Waals surface area contributed by atoms with Crippen molar-refractivity contribution in [2.75, 3.05) is 0 Å². The third kappa shape index (κ3) is 1.86. The molecule has 4 unspecified atom stereocenters. The van der Waals surface area contributed by atoms with Gasteiger partial charge in [0, 0.05) is 11.6 Å². The summed E-state index contributed by atoms with van der Waals surface area (Å²) >= 11 is 0. The molecule has 2 aliphatic carbocycles. The molecule has 2 aliphatic rings. The van der Waals surface area contributed by atoms with Crippen molar-refractivity contribution in [1.29, 1.82) is 0 Å². The van der Waals surface area contributed by atoms with Crippen LogP contribution in [0.15, 0.2) is 18.2 Å². The summed E-state index contributed by atoms with van der Waals surface area (Å²) in [6, 6.07) is 3.23. The van der Waals surface area contributed by atoms with Gasteiger partial charge in [0.15, 0.2) is 0 Å². The molecular formula is C14H17F2N. The van der Waals surface area contributed by atoms with E-state index in [0.717, 1.165) is 18.4 Å². The van der Waals surface area contributed by atoms with Gasteiger partial charge < -0.3 is 5.73 Å². The SMILES string of the molecule is NC(c1cc(F)ccc1F)C1CC2CCC1C2. The quantitative estimate of drug-likeness (QED) is 0.838. The van der Waals surface area contributed by atoms with E-state index >= 15 is 0 Å². The Morgan fingerprint density at radius 2 is 2.00 bits per heavy atom. The average Bonchev–Trinajstić information content (AvgIpc) is 2.93. The van der Waals surface area contributed by atoms with E-state index in [-0.39, 0.29) is 11.9 Å². The number of benzene rings is 1. The molecule has 0 heterocycles. The molecule has 17 heavy (non-hydrogen) atoms. The van der Waals surface area contributed by atoms with E-state index in [4.69, 9.17) is 5.73 Å². The first-order valence-corrected chi connectivity index (χ1v) is 6.35. The molecule has 2 saturated carbocycles. The lowest BCUT2D eigenvalue weighted by molar-refractivity contribution is 0.280. The molecule has 0 saturated heterocycles. The minimum atomic E-state index is -0.403. The molecule has 1 aromatic carbocycles. The molecule has 0 amide bonds. The van der Waals surface area contributed by atoms with Crippen LogP contribution < -0.4 is 5.73 Å². The average molecular weight is 237 g/mol. The fourth-order valence-corrected chi connectivity index (χ4v) is 3.73. The summed E-state index contributed by atoms with van der Waals surface area (Å²) in [6.45, 7) is 0. The maximum Gasteiger partial charge on any atom is 0.128 e. The van der Waals surface area contributed by atoms with Gasteiger partial charge in [0.25, 0.3) is 0 Å². The Labute approximate surface area is 100 Å². The minimum absolute atomic E-state index is 0.338. The number of rotatable bonds is 2. The summed E-state index contributed by atoms with van der Waals surface area (Å²) in [4.78, 5) is 0. The molecule has 3 heteroatoms. The molecule has 0 aliphatic heterocycles. The first-order valence-electron chi connectivity index (χ1n) is 6.35. The van der Waals surface area contributed by atoms with E-state index < -0.39 is 5.82 Å². The lowest BCUT2D eigenvalue weighted by atomic mass is 9.81. The maximum absolute atomic E-state index is 13.7. The lowest BCUT2D eigenvalue weighted by Crippen LogP contribution is -2.26. The molecule has 0 spiro atoms. The van der Waals surface area contributed by atoms with Gasteiger partial charge in [0.1, 0.15) is 11.6 Å². The first kappa shape index (κ1) is 11.1. The summed E-state index contributed by atoms with van der Waals surface area (Å²) in [6.07, 6.45) is 4.82. The highest BCUT2D eigenvalue weighted by molar-refractivity contribution is 5.23. The lowest BCUT2D eigenvalue weighted by Gasteiger charge is -2.28. The Morgan fingerprint density at radius 1 is 1.18 bits per heavy atom. The Balaban J connectivity index is 1.86. The van der Waals surface area contributed by atoms with Crippen LogP contribution in [0, 0.1) is 29.4 Å². The molecule has 2 bridgehead atoms. The highest BCUT2D eigenvalue weighted by atomic mass is 19.1. The molecule has 1 nitrogen and oxygen atoms in total. The van der Waals surface area contributed by atoms with E-state index in [9.17, 15) is 8.78 Å². The van der Waals surface area contributed by atoms with Gasteiger partial charge in [-0.05, 0) is 55.2 Å². The number of fused-ring (bicyclic) bond motifs is 2. The zero-order chi connectivity index (χ0) is 12.0. The monoisotopic (exact) mass is 237 g/mol. The van der Waals surface area contributed by atoms with E-state index in [1.54, 1.807) is 0 Å². The van der Waals surface area contributed by atoms with Crippen molar-refractivity contribution in [3.63, 3.8) is 0 Å². The van der Waals surface area contributed by atoms with Gasteiger partial charge in [-0.25, -0.2) is 8.78 Å².